The molecule has 0 aliphatic heterocycles. The summed E-state index contributed by atoms with van der Waals surface area (Å²) < 4.78 is 42.4. The second-order valence-electron chi connectivity index (χ2n) is 2.89. The van der Waals surface area contributed by atoms with E-state index in [1.165, 1.54) is 0 Å². The number of pyridine rings is 1. The van der Waals surface area contributed by atoms with Gasteiger partial charge in [0, 0.05) is 5.56 Å². The van der Waals surface area contributed by atoms with E-state index in [0.29, 0.717) is 6.07 Å². The van der Waals surface area contributed by atoms with Crippen LogP contribution < -0.4 is 4.74 Å². The fourth-order valence-electron chi connectivity index (χ4n) is 1.14. The van der Waals surface area contributed by atoms with Crippen LogP contribution in [-0.2, 0) is 11.2 Å². The Morgan fingerprint density at radius 3 is 2.69 bits per heavy atom. The lowest BCUT2D eigenvalue weighted by atomic mass is 10.1. The third-order valence-electron chi connectivity index (χ3n) is 1.80. The lowest BCUT2D eigenvalue weighted by Crippen LogP contribution is -2.08. The number of nitrogens with zero attached hydrogens (tertiary/aromatic N) is 1. The molecule has 0 aliphatic carbocycles. The molecular formula is C9H8F3NO3. The van der Waals surface area contributed by atoms with Crippen LogP contribution in [0.25, 0.3) is 0 Å². The van der Waals surface area contributed by atoms with E-state index in [4.69, 9.17) is 5.11 Å². The van der Waals surface area contributed by atoms with E-state index in [2.05, 4.69) is 9.72 Å². The van der Waals surface area contributed by atoms with Gasteiger partial charge in [0.05, 0.1) is 19.2 Å². The first-order chi connectivity index (χ1) is 7.45. The molecule has 0 radical (unpaired) electrons. The topological polar surface area (TPSA) is 59.4 Å². The summed E-state index contributed by atoms with van der Waals surface area (Å²) in [5.74, 6) is -2.88. The van der Waals surface area contributed by atoms with E-state index in [1.54, 1.807) is 0 Å². The highest BCUT2D eigenvalue weighted by Gasteiger charge is 2.20. The van der Waals surface area contributed by atoms with Gasteiger partial charge in [-0.3, -0.25) is 4.79 Å². The maximum Gasteiger partial charge on any atom is 0.309 e. The van der Waals surface area contributed by atoms with Gasteiger partial charge in [0.25, 0.3) is 6.43 Å². The Morgan fingerprint density at radius 1 is 1.62 bits per heavy atom. The molecule has 0 spiro atoms. The molecule has 0 amide bonds. The summed E-state index contributed by atoms with van der Waals surface area (Å²) in [4.78, 5) is 13.8. The summed E-state index contributed by atoms with van der Waals surface area (Å²) in [7, 11) is 1.11. The van der Waals surface area contributed by atoms with Gasteiger partial charge in [-0.15, -0.1) is 0 Å². The third-order valence-corrected chi connectivity index (χ3v) is 1.80. The normalized spacial score (nSPS) is 10.6. The van der Waals surface area contributed by atoms with Crippen LogP contribution in [0.2, 0.25) is 0 Å². The number of hydrogen-bond donors (Lipinski definition) is 1. The van der Waals surface area contributed by atoms with Crippen molar-refractivity contribution in [2.75, 3.05) is 7.11 Å². The molecule has 16 heavy (non-hydrogen) atoms. The van der Waals surface area contributed by atoms with Crippen LogP contribution in [0.5, 0.6) is 5.88 Å². The minimum absolute atomic E-state index is 0.402. The number of hydrogen-bond acceptors (Lipinski definition) is 3. The zero-order valence-electron chi connectivity index (χ0n) is 8.21. The fourth-order valence-corrected chi connectivity index (χ4v) is 1.14. The Hall–Kier alpha value is -1.79. The molecule has 0 atom stereocenters. The van der Waals surface area contributed by atoms with Gasteiger partial charge >= 0.3 is 5.97 Å². The Kier molecular flexibility index (Phi) is 3.70. The Balaban J connectivity index is 3.24. The van der Waals surface area contributed by atoms with Crippen molar-refractivity contribution in [2.45, 2.75) is 12.8 Å². The molecule has 0 saturated heterocycles. The number of carboxylic acids is 1. The van der Waals surface area contributed by atoms with Crippen molar-refractivity contribution in [1.82, 2.24) is 4.98 Å². The molecule has 0 saturated carbocycles. The van der Waals surface area contributed by atoms with Crippen LogP contribution in [0.3, 0.4) is 0 Å². The Bertz CT molecular complexity index is 409. The van der Waals surface area contributed by atoms with Gasteiger partial charge < -0.3 is 9.84 Å². The van der Waals surface area contributed by atoms with Crippen molar-refractivity contribution in [3.05, 3.63) is 23.1 Å². The first-order valence-corrected chi connectivity index (χ1v) is 4.19. The monoisotopic (exact) mass is 235 g/mol. The minimum atomic E-state index is -2.98. The van der Waals surface area contributed by atoms with E-state index < -0.39 is 41.8 Å². The molecule has 1 aromatic heterocycles. The summed E-state index contributed by atoms with van der Waals surface area (Å²) in [5.41, 5.74) is -1.14. The summed E-state index contributed by atoms with van der Waals surface area (Å²) in [6, 6.07) is 0.536. The van der Waals surface area contributed by atoms with Gasteiger partial charge in [0.1, 0.15) is 0 Å². The molecule has 1 N–H and O–H groups in total. The number of methoxy groups -OCH3 is 1. The molecule has 4 nitrogen and oxygen atoms in total. The highest BCUT2D eigenvalue weighted by Crippen LogP contribution is 2.26. The van der Waals surface area contributed by atoms with Gasteiger partial charge in [-0.25, -0.2) is 18.2 Å². The molecule has 1 aromatic rings. The second kappa shape index (κ2) is 4.82. The maximum atomic E-state index is 13.1. The SMILES string of the molecule is COc1nc(CC(=O)O)c(C(F)F)cc1F. The largest absolute Gasteiger partial charge is 0.481 e. The van der Waals surface area contributed by atoms with Crippen LogP contribution in [0, 0.1) is 5.82 Å². The first kappa shape index (κ1) is 12.3. The molecule has 0 aliphatic rings. The predicted molar refractivity (Wildman–Crippen MR) is 47.0 cm³/mol. The molecule has 1 heterocycles. The molecule has 7 heteroatoms. The van der Waals surface area contributed by atoms with E-state index >= 15 is 0 Å². The standard InChI is InChI=1S/C9H8F3NO3/c1-16-9-5(10)2-4(8(11)12)6(13-9)3-7(14)15/h2,8H,3H2,1H3,(H,14,15). The molecule has 0 unspecified atom stereocenters. The summed E-state index contributed by atoms with van der Waals surface area (Å²) in [6.07, 6.45) is -3.70. The van der Waals surface area contributed by atoms with Crippen LogP contribution in [0.1, 0.15) is 17.7 Å². The lowest BCUT2D eigenvalue weighted by Gasteiger charge is -2.09. The zero-order valence-corrected chi connectivity index (χ0v) is 8.21. The van der Waals surface area contributed by atoms with Crippen molar-refractivity contribution in [3.63, 3.8) is 0 Å². The number of carbonyl (C=O) groups is 1. The smallest absolute Gasteiger partial charge is 0.309 e. The van der Waals surface area contributed by atoms with Gasteiger partial charge in [-0.2, -0.15) is 0 Å². The summed E-state index contributed by atoms with van der Waals surface area (Å²) in [5, 5.41) is 8.49. The van der Waals surface area contributed by atoms with E-state index in [-0.39, 0.29) is 0 Å². The third kappa shape index (κ3) is 2.62. The lowest BCUT2D eigenvalue weighted by molar-refractivity contribution is -0.136. The molecule has 0 fully saturated rings. The maximum absolute atomic E-state index is 13.1. The number of aromatic nitrogens is 1. The van der Waals surface area contributed by atoms with Crippen LogP contribution in [0.4, 0.5) is 13.2 Å². The average molecular weight is 235 g/mol. The molecule has 0 aromatic carbocycles. The highest BCUT2D eigenvalue weighted by atomic mass is 19.3. The Labute approximate surface area is 88.7 Å². The quantitative estimate of drug-likeness (QED) is 0.864. The number of carboxylic acid groups (broad SMARTS) is 1. The number of alkyl halides is 2. The first-order valence-electron chi connectivity index (χ1n) is 4.19. The summed E-state index contributed by atoms with van der Waals surface area (Å²) in [6.45, 7) is 0. The van der Waals surface area contributed by atoms with Crippen molar-refractivity contribution in [1.29, 1.82) is 0 Å². The number of rotatable bonds is 4. The molecule has 88 valence electrons. The van der Waals surface area contributed by atoms with Crippen LogP contribution >= 0.6 is 0 Å². The number of ether oxygens (including phenoxy) is 1. The molecule has 1 rings (SSSR count). The van der Waals surface area contributed by atoms with Crippen molar-refractivity contribution in [3.8, 4) is 5.88 Å². The van der Waals surface area contributed by atoms with Gasteiger partial charge in [-0.05, 0) is 6.07 Å². The van der Waals surface area contributed by atoms with Gasteiger partial charge in [0.15, 0.2) is 5.82 Å². The van der Waals surface area contributed by atoms with Crippen molar-refractivity contribution >= 4 is 5.97 Å². The molecule has 0 bridgehead atoms. The van der Waals surface area contributed by atoms with E-state index in [0.717, 1.165) is 7.11 Å². The van der Waals surface area contributed by atoms with E-state index in [9.17, 15) is 18.0 Å². The average Bonchev–Trinajstić information content (AvgIpc) is 2.19. The van der Waals surface area contributed by atoms with Crippen molar-refractivity contribution in [2.24, 2.45) is 0 Å². The predicted octanol–water partition coefficient (Wildman–Crippen LogP) is 1.79. The van der Waals surface area contributed by atoms with Gasteiger partial charge in [0.2, 0.25) is 5.88 Å². The van der Waals surface area contributed by atoms with Crippen LogP contribution in [0.15, 0.2) is 6.07 Å². The number of halogens is 3. The highest BCUT2D eigenvalue weighted by molar-refractivity contribution is 5.70. The zero-order chi connectivity index (χ0) is 12.3. The van der Waals surface area contributed by atoms with Crippen molar-refractivity contribution < 1.29 is 27.8 Å². The number of aliphatic carboxylic acids is 1. The fraction of sp³-hybridized carbons (Fsp3) is 0.333. The van der Waals surface area contributed by atoms with Gasteiger partial charge in [-0.1, -0.05) is 0 Å². The van der Waals surface area contributed by atoms with E-state index in [1.807, 2.05) is 0 Å². The Morgan fingerprint density at radius 2 is 2.25 bits per heavy atom. The summed E-state index contributed by atoms with van der Waals surface area (Å²) >= 11 is 0. The van der Waals surface area contributed by atoms with Crippen LogP contribution in [-0.4, -0.2) is 23.2 Å². The molecular weight excluding hydrogens is 227 g/mol. The second-order valence-corrected chi connectivity index (χ2v) is 2.89. The minimum Gasteiger partial charge on any atom is -0.481 e.